The van der Waals surface area contributed by atoms with Gasteiger partial charge in [-0.3, -0.25) is 4.79 Å². The van der Waals surface area contributed by atoms with Crippen LogP contribution in [-0.4, -0.2) is 35.8 Å². The summed E-state index contributed by atoms with van der Waals surface area (Å²) in [7, 11) is 0. The maximum atomic E-state index is 11.1. The van der Waals surface area contributed by atoms with E-state index in [1.165, 1.54) is 6.92 Å². The largest absolute Gasteiger partial charge is 0.489 e. The van der Waals surface area contributed by atoms with Crippen LogP contribution in [0.2, 0.25) is 0 Å². The van der Waals surface area contributed by atoms with Gasteiger partial charge in [0.15, 0.2) is 0 Å². The van der Waals surface area contributed by atoms with Gasteiger partial charge in [-0.2, -0.15) is 0 Å². The second-order valence-corrected chi connectivity index (χ2v) is 5.77. The molecule has 1 aromatic rings. The fourth-order valence-electron chi connectivity index (χ4n) is 1.55. The number of aliphatic hydroxyl groups is 1. The van der Waals surface area contributed by atoms with E-state index in [2.05, 4.69) is 10.6 Å². The molecular formula is C15H24N2O3. The minimum Gasteiger partial charge on any atom is -0.489 e. The number of amides is 1. The molecular weight excluding hydrogens is 256 g/mol. The molecule has 0 bridgehead atoms. The van der Waals surface area contributed by atoms with Crippen molar-refractivity contribution in [2.45, 2.75) is 39.3 Å². The normalized spacial score (nSPS) is 12.8. The first-order chi connectivity index (χ1) is 9.28. The number of β-amino-alcohol motifs (C(OH)–C–C–N with tert-alkyl or cyclic N) is 1. The first-order valence-electron chi connectivity index (χ1n) is 6.70. The number of carbonyl (C=O) groups is 1. The lowest BCUT2D eigenvalue weighted by Gasteiger charge is -2.23. The van der Waals surface area contributed by atoms with Gasteiger partial charge in [0.25, 0.3) is 0 Å². The minimum absolute atomic E-state index is 0.0466. The Balaban J connectivity index is 2.50. The van der Waals surface area contributed by atoms with E-state index in [0.29, 0.717) is 18.0 Å². The highest BCUT2D eigenvalue weighted by Gasteiger charge is 2.13. The van der Waals surface area contributed by atoms with Crippen LogP contribution in [0.4, 0.5) is 5.69 Å². The van der Waals surface area contributed by atoms with Crippen LogP contribution in [0, 0.1) is 0 Å². The molecule has 0 saturated carbocycles. The number of nitrogens with one attached hydrogen (secondary N) is 2. The van der Waals surface area contributed by atoms with E-state index in [0.717, 1.165) is 0 Å². The molecule has 5 nitrogen and oxygen atoms in total. The molecule has 5 heteroatoms. The van der Waals surface area contributed by atoms with Gasteiger partial charge in [0.1, 0.15) is 18.5 Å². The van der Waals surface area contributed by atoms with Crippen molar-refractivity contribution >= 4 is 11.6 Å². The monoisotopic (exact) mass is 280 g/mol. The number of carbonyl (C=O) groups excluding carboxylic acids is 1. The van der Waals surface area contributed by atoms with Crippen molar-refractivity contribution in [1.82, 2.24) is 5.32 Å². The van der Waals surface area contributed by atoms with Crippen LogP contribution in [0.3, 0.4) is 0 Å². The summed E-state index contributed by atoms with van der Waals surface area (Å²) in [6.45, 7) is 8.16. The van der Waals surface area contributed by atoms with Crippen molar-refractivity contribution in [2.75, 3.05) is 18.5 Å². The molecule has 3 N–H and O–H groups in total. The van der Waals surface area contributed by atoms with Gasteiger partial charge in [-0.25, -0.2) is 0 Å². The van der Waals surface area contributed by atoms with Gasteiger partial charge in [0.2, 0.25) is 5.91 Å². The Hall–Kier alpha value is -1.59. The van der Waals surface area contributed by atoms with E-state index < -0.39 is 6.10 Å². The van der Waals surface area contributed by atoms with Crippen LogP contribution in [-0.2, 0) is 4.79 Å². The highest BCUT2D eigenvalue weighted by Crippen LogP contribution is 2.23. The first kappa shape index (κ1) is 16.5. The standard InChI is InChI=1S/C15H24N2O3/c1-11(18)17-13-7-5-6-8-14(13)20-10-12(19)9-16-15(2,3)4/h5-8,12,16,19H,9-10H2,1-4H3,(H,17,18). The molecule has 1 aromatic carbocycles. The summed E-state index contributed by atoms with van der Waals surface area (Å²) in [6.07, 6.45) is -0.611. The second-order valence-electron chi connectivity index (χ2n) is 5.77. The van der Waals surface area contributed by atoms with Crippen LogP contribution in [0.15, 0.2) is 24.3 Å². The number of anilines is 1. The quantitative estimate of drug-likeness (QED) is 0.743. The molecule has 0 radical (unpaired) electrons. The summed E-state index contributed by atoms with van der Waals surface area (Å²) in [5.74, 6) is 0.397. The molecule has 0 aromatic heterocycles. The van der Waals surface area contributed by atoms with E-state index in [9.17, 15) is 9.90 Å². The predicted molar refractivity (Wildman–Crippen MR) is 80.0 cm³/mol. The van der Waals surface area contributed by atoms with Crippen LogP contribution in [0.25, 0.3) is 0 Å². The third kappa shape index (κ3) is 6.54. The van der Waals surface area contributed by atoms with Gasteiger partial charge >= 0.3 is 0 Å². The molecule has 0 aliphatic rings. The van der Waals surface area contributed by atoms with E-state index in [4.69, 9.17) is 4.74 Å². The number of aliphatic hydroxyl groups excluding tert-OH is 1. The fraction of sp³-hybridized carbons (Fsp3) is 0.533. The summed E-state index contributed by atoms with van der Waals surface area (Å²) in [6, 6.07) is 7.15. The van der Waals surface area contributed by atoms with Crippen LogP contribution >= 0.6 is 0 Å². The van der Waals surface area contributed by atoms with E-state index in [-0.39, 0.29) is 18.1 Å². The van der Waals surface area contributed by atoms with E-state index in [1.54, 1.807) is 12.1 Å². The third-order valence-electron chi connectivity index (χ3n) is 2.50. The Morgan fingerprint density at radius 1 is 1.35 bits per heavy atom. The van der Waals surface area contributed by atoms with Crippen molar-refractivity contribution in [3.8, 4) is 5.75 Å². The fourth-order valence-corrected chi connectivity index (χ4v) is 1.55. The second kappa shape index (κ2) is 7.26. The molecule has 0 heterocycles. The molecule has 0 fully saturated rings. The van der Waals surface area contributed by atoms with E-state index >= 15 is 0 Å². The predicted octanol–water partition coefficient (Wildman–Crippen LogP) is 1.77. The lowest BCUT2D eigenvalue weighted by atomic mass is 10.1. The molecule has 0 aliphatic carbocycles. The van der Waals surface area contributed by atoms with Crippen molar-refractivity contribution in [1.29, 1.82) is 0 Å². The Morgan fingerprint density at radius 2 is 2.00 bits per heavy atom. The molecule has 1 amide bonds. The van der Waals surface area contributed by atoms with Gasteiger partial charge in [-0.15, -0.1) is 0 Å². The summed E-state index contributed by atoms with van der Waals surface area (Å²) in [5, 5.41) is 15.8. The van der Waals surface area contributed by atoms with E-state index in [1.807, 2.05) is 32.9 Å². The maximum absolute atomic E-state index is 11.1. The van der Waals surface area contributed by atoms with Gasteiger partial charge in [0.05, 0.1) is 5.69 Å². The Morgan fingerprint density at radius 3 is 2.60 bits per heavy atom. The summed E-state index contributed by atoms with van der Waals surface area (Å²) < 4.78 is 5.56. The zero-order valence-electron chi connectivity index (χ0n) is 12.6. The topological polar surface area (TPSA) is 70.6 Å². The Kier molecular flexibility index (Phi) is 5.98. The van der Waals surface area contributed by atoms with Crippen molar-refractivity contribution in [2.24, 2.45) is 0 Å². The average Bonchev–Trinajstić information content (AvgIpc) is 2.34. The Bertz CT molecular complexity index is 441. The molecule has 20 heavy (non-hydrogen) atoms. The lowest BCUT2D eigenvalue weighted by Crippen LogP contribution is -2.42. The van der Waals surface area contributed by atoms with Gasteiger partial charge < -0.3 is 20.5 Å². The number of para-hydroxylation sites is 2. The van der Waals surface area contributed by atoms with Crippen molar-refractivity contribution in [3.05, 3.63) is 24.3 Å². The van der Waals surface area contributed by atoms with Gasteiger partial charge in [-0.05, 0) is 32.9 Å². The summed E-state index contributed by atoms with van der Waals surface area (Å²) >= 11 is 0. The number of ether oxygens (including phenoxy) is 1. The van der Waals surface area contributed by atoms with Gasteiger partial charge in [0, 0.05) is 19.0 Å². The van der Waals surface area contributed by atoms with Gasteiger partial charge in [-0.1, -0.05) is 12.1 Å². The van der Waals surface area contributed by atoms with Crippen LogP contribution in [0.5, 0.6) is 5.75 Å². The SMILES string of the molecule is CC(=O)Nc1ccccc1OCC(O)CNC(C)(C)C. The minimum atomic E-state index is -0.611. The lowest BCUT2D eigenvalue weighted by molar-refractivity contribution is -0.114. The zero-order chi connectivity index (χ0) is 15.2. The first-order valence-corrected chi connectivity index (χ1v) is 6.70. The summed E-state index contributed by atoms with van der Waals surface area (Å²) in [4.78, 5) is 11.1. The highest BCUT2D eigenvalue weighted by molar-refractivity contribution is 5.90. The number of benzene rings is 1. The smallest absolute Gasteiger partial charge is 0.221 e. The van der Waals surface area contributed by atoms with Crippen LogP contribution in [0.1, 0.15) is 27.7 Å². The highest BCUT2D eigenvalue weighted by atomic mass is 16.5. The zero-order valence-corrected chi connectivity index (χ0v) is 12.6. The number of rotatable bonds is 6. The average molecular weight is 280 g/mol. The van der Waals surface area contributed by atoms with Crippen molar-refractivity contribution in [3.63, 3.8) is 0 Å². The molecule has 0 saturated heterocycles. The number of hydrogen-bond donors (Lipinski definition) is 3. The summed E-state index contributed by atoms with van der Waals surface area (Å²) in [5.41, 5.74) is 0.561. The Labute approximate surface area is 120 Å². The molecule has 1 unspecified atom stereocenters. The number of hydrogen-bond acceptors (Lipinski definition) is 4. The molecule has 0 aliphatic heterocycles. The molecule has 0 spiro atoms. The van der Waals surface area contributed by atoms with Crippen molar-refractivity contribution < 1.29 is 14.6 Å². The molecule has 1 rings (SSSR count). The molecule has 112 valence electrons. The van der Waals surface area contributed by atoms with Crippen LogP contribution < -0.4 is 15.4 Å². The molecule has 1 atom stereocenters. The third-order valence-corrected chi connectivity index (χ3v) is 2.50. The maximum Gasteiger partial charge on any atom is 0.221 e.